The molecule has 5 nitrogen and oxygen atoms in total. The van der Waals surface area contributed by atoms with Gasteiger partial charge in [-0.05, 0) is 25.5 Å². The van der Waals surface area contributed by atoms with Crippen molar-refractivity contribution in [2.24, 2.45) is 0 Å². The molecule has 0 fully saturated rings. The largest absolute Gasteiger partial charge is 0.466 e. The number of nitrogens with one attached hydrogen (secondary N) is 1. The Hall–Kier alpha value is -1.08. The van der Waals surface area contributed by atoms with Crippen molar-refractivity contribution in [1.82, 2.24) is 4.98 Å². The first-order valence-corrected chi connectivity index (χ1v) is 8.44. The third-order valence-electron chi connectivity index (χ3n) is 2.34. The average Bonchev–Trinajstić information content (AvgIpc) is 2.80. The minimum atomic E-state index is -0.109. The fourth-order valence-corrected chi connectivity index (χ4v) is 3.48. The number of rotatable bonds is 9. The van der Waals surface area contributed by atoms with Gasteiger partial charge < -0.3 is 10.1 Å². The first-order chi connectivity index (χ1) is 9.61. The second-order valence-electron chi connectivity index (χ2n) is 4.13. The Morgan fingerprint density at radius 2 is 2.20 bits per heavy atom. The number of ether oxygens (including phenoxy) is 1. The van der Waals surface area contributed by atoms with Crippen molar-refractivity contribution >= 4 is 40.1 Å². The highest BCUT2D eigenvalue weighted by molar-refractivity contribution is 8.01. The number of thiazole rings is 1. The van der Waals surface area contributed by atoms with Crippen LogP contribution in [0.5, 0.6) is 0 Å². The van der Waals surface area contributed by atoms with Crippen LogP contribution in [0.2, 0.25) is 0 Å². The maximum atomic E-state index is 11.1. The van der Waals surface area contributed by atoms with Crippen LogP contribution in [-0.4, -0.2) is 29.2 Å². The maximum absolute atomic E-state index is 11.1. The summed E-state index contributed by atoms with van der Waals surface area (Å²) in [5.74, 6) is 0.780. The minimum Gasteiger partial charge on any atom is -0.466 e. The van der Waals surface area contributed by atoms with E-state index >= 15 is 0 Å². The van der Waals surface area contributed by atoms with Gasteiger partial charge in [-0.1, -0.05) is 17.8 Å². The third-order valence-corrected chi connectivity index (χ3v) is 4.54. The molecular formula is C13H20N2O3S2. The van der Waals surface area contributed by atoms with Gasteiger partial charge >= 0.3 is 5.97 Å². The van der Waals surface area contributed by atoms with Gasteiger partial charge in [-0.2, -0.15) is 0 Å². The van der Waals surface area contributed by atoms with Crippen molar-refractivity contribution in [2.75, 3.05) is 17.7 Å². The monoisotopic (exact) mass is 316 g/mol. The van der Waals surface area contributed by atoms with Crippen LogP contribution in [0.1, 0.15) is 39.5 Å². The van der Waals surface area contributed by atoms with Crippen molar-refractivity contribution < 1.29 is 14.3 Å². The first-order valence-electron chi connectivity index (χ1n) is 6.63. The normalized spacial score (nSPS) is 10.3. The molecule has 0 saturated carbocycles. The number of aromatic nitrogens is 1. The Morgan fingerprint density at radius 3 is 2.90 bits per heavy atom. The van der Waals surface area contributed by atoms with Gasteiger partial charge in [-0.15, -0.1) is 11.8 Å². The fourth-order valence-electron chi connectivity index (χ4n) is 1.49. The number of amides is 1. The SMILES string of the molecule is CCOC(=O)CCCCCSc1cnc(NC(C)=O)s1. The number of carbonyl (C=O) groups is 2. The third kappa shape index (κ3) is 7.49. The summed E-state index contributed by atoms with van der Waals surface area (Å²) in [4.78, 5) is 26.1. The molecule has 1 aromatic heterocycles. The van der Waals surface area contributed by atoms with E-state index < -0.39 is 0 Å². The Morgan fingerprint density at radius 1 is 1.40 bits per heavy atom. The van der Waals surface area contributed by atoms with E-state index in [1.807, 2.05) is 6.92 Å². The predicted molar refractivity (Wildman–Crippen MR) is 82.2 cm³/mol. The van der Waals surface area contributed by atoms with Crippen LogP contribution >= 0.6 is 23.1 Å². The van der Waals surface area contributed by atoms with Crippen LogP contribution in [0.4, 0.5) is 5.13 Å². The van der Waals surface area contributed by atoms with Crippen LogP contribution in [0, 0.1) is 0 Å². The maximum Gasteiger partial charge on any atom is 0.305 e. The quantitative estimate of drug-likeness (QED) is 0.430. The number of hydrogen-bond acceptors (Lipinski definition) is 6. The molecule has 1 heterocycles. The summed E-state index contributed by atoms with van der Waals surface area (Å²) < 4.78 is 5.96. The van der Waals surface area contributed by atoms with E-state index in [0.29, 0.717) is 18.2 Å². The Balaban J connectivity index is 2.08. The Kier molecular flexibility index (Phi) is 8.29. The number of nitrogens with zero attached hydrogens (tertiary/aromatic N) is 1. The molecule has 0 atom stereocenters. The van der Waals surface area contributed by atoms with Crippen molar-refractivity contribution in [3.05, 3.63) is 6.20 Å². The number of carbonyl (C=O) groups excluding carboxylic acids is 2. The molecule has 0 spiro atoms. The van der Waals surface area contributed by atoms with E-state index in [-0.39, 0.29) is 11.9 Å². The van der Waals surface area contributed by atoms with E-state index in [1.54, 1.807) is 18.0 Å². The zero-order valence-electron chi connectivity index (χ0n) is 11.8. The van der Waals surface area contributed by atoms with Gasteiger partial charge in [-0.3, -0.25) is 9.59 Å². The zero-order valence-corrected chi connectivity index (χ0v) is 13.4. The molecule has 112 valence electrons. The van der Waals surface area contributed by atoms with Crippen LogP contribution in [0.15, 0.2) is 10.4 Å². The standard InChI is InChI=1S/C13H20N2O3S2/c1-3-18-11(17)7-5-4-6-8-19-12-9-14-13(20-12)15-10(2)16/h9H,3-8H2,1-2H3,(H,14,15,16). The van der Waals surface area contributed by atoms with Crippen molar-refractivity contribution in [3.63, 3.8) is 0 Å². The predicted octanol–water partition coefficient (Wildman–Crippen LogP) is 3.32. The lowest BCUT2D eigenvalue weighted by Gasteiger charge is -2.01. The molecule has 0 unspecified atom stereocenters. The minimum absolute atomic E-state index is 0.102. The van der Waals surface area contributed by atoms with Crippen molar-refractivity contribution in [1.29, 1.82) is 0 Å². The summed E-state index contributed by atoms with van der Waals surface area (Å²) in [5.41, 5.74) is 0. The number of unbranched alkanes of at least 4 members (excludes halogenated alkanes) is 2. The van der Waals surface area contributed by atoms with Gasteiger partial charge in [0.2, 0.25) is 5.91 Å². The Labute approximate surface area is 127 Å². The molecule has 7 heteroatoms. The topological polar surface area (TPSA) is 68.3 Å². The summed E-state index contributed by atoms with van der Waals surface area (Å²) in [5, 5.41) is 3.31. The molecule has 0 saturated heterocycles. The lowest BCUT2D eigenvalue weighted by molar-refractivity contribution is -0.143. The second kappa shape index (κ2) is 9.77. The van der Waals surface area contributed by atoms with Gasteiger partial charge in [0.15, 0.2) is 5.13 Å². The fraction of sp³-hybridized carbons (Fsp3) is 0.615. The molecule has 0 aromatic carbocycles. The van der Waals surface area contributed by atoms with Gasteiger partial charge in [-0.25, -0.2) is 4.98 Å². The molecule has 0 radical (unpaired) electrons. The van der Waals surface area contributed by atoms with E-state index in [9.17, 15) is 9.59 Å². The first kappa shape index (κ1) is 17.0. The molecule has 1 rings (SSSR count). The molecule has 0 bridgehead atoms. The second-order valence-corrected chi connectivity index (χ2v) is 6.56. The molecule has 0 aliphatic rings. The lowest BCUT2D eigenvalue weighted by atomic mass is 10.2. The molecule has 20 heavy (non-hydrogen) atoms. The van der Waals surface area contributed by atoms with Crippen molar-refractivity contribution in [3.8, 4) is 0 Å². The average molecular weight is 316 g/mol. The summed E-state index contributed by atoms with van der Waals surface area (Å²) in [6.07, 6.45) is 5.23. The summed E-state index contributed by atoms with van der Waals surface area (Å²) in [6, 6.07) is 0. The van der Waals surface area contributed by atoms with Crippen LogP contribution in [0.25, 0.3) is 0 Å². The number of anilines is 1. The molecule has 1 N–H and O–H groups in total. The number of hydrogen-bond donors (Lipinski definition) is 1. The van der Waals surface area contributed by atoms with Gasteiger partial charge in [0.05, 0.1) is 17.0 Å². The molecule has 0 aliphatic carbocycles. The van der Waals surface area contributed by atoms with E-state index in [2.05, 4.69) is 10.3 Å². The molecule has 1 amide bonds. The van der Waals surface area contributed by atoms with E-state index in [1.165, 1.54) is 18.3 Å². The number of thioether (sulfide) groups is 1. The molecular weight excluding hydrogens is 296 g/mol. The zero-order chi connectivity index (χ0) is 14.8. The smallest absolute Gasteiger partial charge is 0.305 e. The molecule has 1 aromatic rings. The highest BCUT2D eigenvalue weighted by atomic mass is 32.2. The lowest BCUT2D eigenvalue weighted by Crippen LogP contribution is -2.04. The van der Waals surface area contributed by atoms with Gasteiger partial charge in [0.1, 0.15) is 0 Å². The van der Waals surface area contributed by atoms with Crippen LogP contribution < -0.4 is 5.32 Å². The van der Waals surface area contributed by atoms with Gasteiger partial charge in [0.25, 0.3) is 0 Å². The highest BCUT2D eigenvalue weighted by Crippen LogP contribution is 2.28. The van der Waals surface area contributed by atoms with Crippen molar-refractivity contribution in [2.45, 2.75) is 43.7 Å². The van der Waals surface area contributed by atoms with Crippen LogP contribution in [0.3, 0.4) is 0 Å². The summed E-state index contributed by atoms with van der Waals surface area (Å²) >= 11 is 3.21. The van der Waals surface area contributed by atoms with Crippen LogP contribution in [-0.2, 0) is 14.3 Å². The van der Waals surface area contributed by atoms with E-state index in [0.717, 1.165) is 29.2 Å². The summed E-state index contributed by atoms with van der Waals surface area (Å²) in [7, 11) is 0. The van der Waals surface area contributed by atoms with E-state index in [4.69, 9.17) is 4.74 Å². The number of esters is 1. The summed E-state index contributed by atoms with van der Waals surface area (Å²) in [6.45, 7) is 3.74. The Bertz CT molecular complexity index is 435. The van der Waals surface area contributed by atoms with Gasteiger partial charge in [0, 0.05) is 13.3 Å². The highest BCUT2D eigenvalue weighted by Gasteiger charge is 2.04. The molecule has 0 aliphatic heterocycles.